The Morgan fingerprint density at radius 1 is 1.22 bits per heavy atom. The van der Waals surface area contributed by atoms with Crippen molar-refractivity contribution in [2.75, 3.05) is 0 Å². The molecule has 0 fully saturated rings. The van der Waals surface area contributed by atoms with Gasteiger partial charge in [0.05, 0.1) is 0 Å². The van der Waals surface area contributed by atoms with Gasteiger partial charge in [0.1, 0.15) is 0 Å². The molecule has 0 N–H and O–H groups in total. The number of carbonyl (C=O) groups excluding carboxylic acids is 1. The summed E-state index contributed by atoms with van der Waals surface area (Å²) >= 11 is 0. The van der Waals surface area contributed by atoms with Crippen molar-refractivity contribution in [3.63, 3.8) is 0 Å². The predicted molar refractivity (Wildman–Crippen MR) is 76.5 cm³/mol. The van der Waals surface area contributed by atoms with Crippen molar-refractivity contribution in [2.24, 2.45) is 0 Å². The second-order valence-electron chi connectivity index (χ2n) is 7.15. The Morgan fingerprint density at radius 2 is 1.83 bits per heavy atom. The summed E-state index contributed by atoms with van der Waals surface area (Å²) in [6, 6.07) is 4.50. The average molecular weight is 244 g/mol. The molecule has 1 heteroatoms. The van der Waals surface area contributed by atoms with Gasteiger partial charge in [-0.3, -0.25) is 4.79 Å². The van der Waals surface area contributed by atoms with Crippen LogP contribution in [0.3, 0.4) is 0 Å². The molecule has 1 aliphatic carbocycles. The Hall–Kier alpha value is -1.11. The Labute approximate surface area is 111 Å². The van der Waals surface area contributed by atoms with Gasteiger partial charge < -0.3 is 0 Å². The van der Waals surface area contributed by atoms with E-state index in [1.54, 1.807) is 0 Å². The standard InChI is InChI=1S/C17H24O/c1-7-11-8-12(16(2,3)4)9-13-15(11)14(18)10-17(13,5)6/h8-9H,7,10H2,1-6H3. The molecular weight excluding hydrogens is 220 g/mol. The van der Waals surface area contributed by atoms with Crippen LogP contribution in [-0.2, 0) is 17.3 Å². The minimum Gasteiger partial charge on any atom is -0.294 e. The third-order valence-electron chi connectivity index (χ3n) is 4.08. The summed E-state index contributed by atoms with van der Waals surface area (Å²) in [6.07, 6.45) is 1.59. The number of hydrogen-bond acceptors (Lipinski definition) is 1. The molecular formula is C17H24O. The highest BCUT2D eigenvalue weighted by molar-refractivity contribution is 6.03. The Morgan fingerprint density at radius 3 is 2.33 bits per heavy atom. The first-order valence-corrected chi connectivity index (χ1v) is 6.88. The van der Waals surface area contributed by atoms with Gasteiger partial charge in [-0.05, 0) is 33.9 Å². The van der Waals surface area contributed by atoms with Crippen LogP contribution in [0.1, 0.15) is 75.0 Å². The molecule has 0 atom stereocenters. The van der Waals surface area contributed by atoms with Crippen molar-refractivity contribution >= 4 is 5.78 Å². The van der Waals surface area contributed by atoms with Crippen LogP contribution in [-0.4, -0.2) is 5.78 Å². The first-order valence-electron chi connectivity index (χ1n) is 6.88. The lowest BCUT2D eigenvalue weighted by Crippen LogP contribution is -2.17. The van der Waals surface area contributed by atoms with Crippen LogP contribution >= 0.6 is 0 Å². The summed E-state index contributed by atoms with van der Waals surface area (Å²) in [4.78, 5) is 12.2. The fourth-order valence-electron chi connectivity index (χ4n) is 2.86. The summed E-state index contributed by atoms with van der Waals surface area (Å²) in [5, 5.41) is 0. The molecule has 0 radical (unpaired) electrons. The predicted octanol–water partition coefficient (Wildman–Crippen LogP) is 4.41. The van der Waals surface area contributed by atoms with Crippen molar-refractivity contribution in [1.29, 1.82) is 0 Å². The number of aryl methyl sites for hydroxylation is 1. The van der Waals surface area contributed by atoms with Gasteiger partial charge in [0.15, 0.2) is 5.78 Å². The quantitative estimate of drug-likeness (QED) is 0.715. The molecule has 2 rings (SSSR count). The zero-order chi connectivity index (χ0) is 13.7. The molecule has 0 bridgehead atoms. The van der Waals surface area contributed by atoms with Crippen LogP contribution in [0.25, 0.3) is 0 Å². The number of rotatable bonds is 1. The van der Waals surface area contributed by atoms with E-state index in [-0.39, 0.29) is 10.8 Å². The van der Waals surface area contributed by atoms with Crippen molar-refractivity contribution in [3.05, 3.63) is 34.4 Å². The maximum absolute atomic E-state index is 12.2. The third-order valence-corrected chi connectivity index (χ3v) is 4.08. The number of carbonyl (C=O) groups is 1. The number of Topliss-reactive ketones (excluding diaryl/α,β-unsaturated/α-hetero) is 1. The van der Waals surface area contributed by atoms with E-state index >= 15 is 0 Å². The van der Waals surface area contributed by atoms with E-state index in [0.29, 0.717) is 12.2 Å². The summed E-state index contributed by atoms with van der Waals surface area (Å²) in [5.74, 6) is 0.326. The highest BCUT2D eigenvalue weighted by Gasteiger charge is 2.38. The second kappa shape index (κ2) is 3.94. The molecule has 0 aliphatic heterocycles. The second-order valence-corrected chi connectivity index (χ2v) is 7.15. The molecule has 1 aromatic carbocycles. The van der Waals surface area contributed by atoms with E-state index in [0.717, 1.165) is 12.0 Å². The highest BCUT2D eigenvalue weighted by Crippen LogP contribution is 2.42. The maximum atomic E-state index is 12.2. The van der Waals surface area contributed by atoms with Crippen LogP contribution < -0.4 is 0 Å². The molecule has 1 aromatic rings. The first-order chi connectivity index (χ1) is 8.16. The van der Waals surface area contributed by atoms with Crippen LogP contribution in [0.2, 0.25) is 0 Å². The van der Waals surface area contributed by atoms with Crippen LogP contribution in [0.5, 0.6) is 0 Å². The lowest BCUT2D eigenvalue weighted by atomic mass is 9.79. The van der Waals surface area contributed by atoms with Gasteiger partial charge in [-0.1, -0.05) is 53.7 Å². The lowest BCUT2D eigenvalue weighted by molar-refractivity contribution is 0.0979. The monoisotopic (exact) mass is 244 g/mol. The molecule has 0 saturated heterocycles. The van der Waals surface area contributed by atoms with Crippen molar-refractivity contribution < 1.29 is 4.79 Å². The molecule has 1 nitrogen and oxygen atoms in total. The number of ketones is 1. The van der Waals surface area contributed by atoms with Crippen molar-refractivity contribution in [3.8, 4) is 0 Å². The smallest absolute Gasteiger partial charge is 0.164 e. The average Bonchev–Trinajstić information content (AvgIpc) is 2.47. The Kier molecular flexibility index (Phi) is 2.92. The third kappa shape index (κ3) is 2.00. The lowest BCUT2D eigenvalue weighted by Gasteiger charge is -2.25. The number of hydrogen-bond donors (Lipinski definition) is 0. The van der Waals surface area contributed by atoms with Gasteiger partial charge in [-0.25, -0.2) is 0 Å². The molecule has 18 heavy (non-hydrogen) atoms. The molecule has 0 spiro atoms. The van der Waals surface area contributed by atoms with Crippen molar-refractivity contribution in [2.45, 2.75) is 65.2 Å². The summed E-state index contributed by atoms with van der Waals surface area (Å²) in [7, 11) is 0. The number of benzene rings is 1. The minimum absolute atomic E-state index is 0.00238. The zero-order valence-corrected chi connectivity index (χ0v) is 12.5. The first kappa shape index (κ1) is 13.3. The van der Waals surface area contributed by atoms with Gasteiger partial charge in [0.2, 0.25) is 0 Å². The molecule has 1 aliphatic rings. The van der Waals surface area contributed by atoms with Crippen LogP contribution in [0, 0.1) is 0 Å². The van der Waals surface area contributed by atoms with Gasteiger partial charge in [-0.2, -0.15) is 0 Å². The maximum Gasteiger partial charge on any atom is 0.164 e. The largest absolute Gasteiger partial charge is 0.294 e. The van der Waals surface area contributed by atoms with Gasteiger partial charge in [0.25, 0.3) is 0 Å². The molecule has 0 unspecified atom stereocenters. The molecule has 0 amide bonds. The van der Waals surface area contributed by atoms with Gasteiger partial charge in [0, 0.05) is 12.0 Å². The minimum atomic E-state index is -0.00238. The highest BCUT2D eigenvalue weighted by atomic mass is 16.1. The van der Waals surface area contributed by atoms with Crippen LogP contribution in [0.4, 0.5) is 0 Å². The summed E-state index contributed by atoms with van der Waals surface area (Å²) in [5.41, 5.74) is 4.99. The SMILES string of the molecule is CCc1cc(C(C)(C)C)cc2c1C(=O)CC2(C)C. The van der Waals surface area contributed by atoms with E-state index in [1.165, 1.54) is 16.7 Å². The van der Waals surface area contributed by atoms with E-state index in [9.17, 15) is 4.79 Å². The number of fused-ring (bicyclic) bond motifs is 1. The fraction of sp³-hybridized carbons (Fsp3) is 0.588. The summed E-state index contributed by atoms with van der Waals surface area (Å²) < 4.78 is 0. The zero-order valence-electron chi connectivity index (χ0n) is 12.5. The fourth-order valence-corrected chi connectivity index (χ4v) is 2.86. The topological polar surface area (TPSA) is 17.1 Å². The van der Waals surface area contributed by atoms with E-state index < -0.39 is 0 Å². The Bertz CT molecular complexity index is 501. The molecule has 98 valence electrons. The van der Waals surface area contributed by atoms with E-state index in [2.05, 4.69) is 53.7 Å². The van der Waals surface area contributed by atoms with Crippen molar-refractivity contribution in [1.82, 2.24) is 0 Å². The van der Waals surface area contributed by atoms with Gasteiger partial charge >= 0.3 is 0 Å². The van der Waals surface area contributed by atoms with Gasteiger partial charge in [-0.15, -0.1) is 0 Å². The molecule has 0 aromatic heterocycles. The molecule has 0 saturated carbocycles. The van der Waals surface area contributed by atoms with Crippen LogP contribution in [0.15, 0.2) is 12.1 Å². The Balaban J connectivity index is 2.72. The molecule has 0 heterocycles. The summed E-state index contributed by atoms with van der Waals surface area (Å²) in [6.45, 7) is 13.2. The van der Waals surface area contributed by atoms with E-state index in [1.807, 2.05) is 0 Å². The normalized spacial score (nSPS) is 18.0. The van der Waals surface area contributed by atoms with E-state index in [4.69, 9.17) is 0 Å².